The molecular formula is C16H18N2O4. The van der Waals surface area contributed by atoms with Crippen LogP contribution in [0, 0.1) is 0 Å². The average molecular weight is 302 g/mol. The topological polar surface area (TPSA) is 69.6 Å². The predicted octanol–water partition coefficient (Wildman–Crippen LogP) is 2.35. The van der Waals surface area contributed by atoms with Crippen LogP contribution in [-0.4, -0.2) is 31.0 Å². The molecule has 22 heavy (non-hydrogen) atoms. The Morgan fingerprint density at radius 1 is 1.23 bits per heavy atom. The van der Waals surface area contributed by atoms with E-state index < -0.39 is 0 Å². The number of aromatic nitrogens is 1. The largest absolute Gasteiger partial charge is 0.493 e. The standard InChI is InChI=1S/C16H18N2O4/c1-21-14-6-5-12(10-15(14)22-2)17-16(20)7-9-18-8-3-4-13(18)11-19/h3-6,8,10-11H,7,9H2,1-2H3,(H,17,20). The number of carbonyl (C=O) groups excluding carboxylic acids is 2. The Morgan fingerprint density at radius 3 is 2.68 bits per heavy atom. The maximum absolute atomic E-state index is 12.0. The van der Waals surface area contributed by atoms with E-state index in [9.17, 15) is 9.59 Å². The van der Waals surface area contributed by atoms with E-state index in [1.807, 2.05) is 0 Å². The van der Waals surface area contributed by atoms with Gasteiger partial charge in [-0.25, -0.2) is 0 Å². The summed E-state index contributed by atoms with van der Waals surface area (Å²) < 4.78 is 12.1. The summed E-state index contributed by atoms with van der Waals surface area (Å²) >= 11 is 0. The summed E-state index contributed by atoms with van der Waals surface area (Å²) in [5.74, 6) is 1.01. The van der Waals surface area contributed by atoms with Gasteiger partial charge in [0.05, 0.1) is 19.9 Å². The molecule has 6 heteroatoms. The highest BCUT2D eigenvalue weighted by Gasteiger charge is 2.08. The number of hydrogen-bond acceptors (Lipinski definition) is 4. The highest BCUT2D eigenvalue weighted by atomic mass is 16.5. The van der Waals surface area contributed by atoms with Crippen LogP contribution in [-0.2, 0) is 11.3 Å². The van der Waals surface area contributed by atoms with Crippen molar-refractivity contribution in [3.05, 3.63) is 42.2 Å². The minimum absolute atomic E-state index is 0.141. The van der Waals surface area contributed by atoms with E-state index in [1.165, 1.54) is 7.11 Å². The van der Waals surface area contributed by atoms with Crippen molar-refractivity contribution in [1.82, 2.24) is 4.57 Å². The summed E-state index contributed by atoms with van der Waals surface area (Å²) in [5, 5.41) is 2.79. The number of aryl methyl sites for hydroxylation is 1. The van der Waals surface area contributed by atoms with Gasteiger partial charge in [0, 0.05) is 30.9 Å². The van der Waals surface area contributed by atoms with Crippen molar-refractivity contribution in [3.63, 3.8) is 0 Å². The first-order valence-electron chi connectivity index (χ1n) is 6.80. The normalized spacial score (nSPS) is 10.1. The Kier molecular flexibility index (Phi) is 5.19. The number of aldehydes is 1. The highest BCUT2D eigenvalue weighted by molar-refractivity contribution is 5.91. The third-order valence-corrected chi connectivity index (χ3v) is 3.23. The molecule has 1 N–H and O–H groups in total. The highest BCUT2D eigenvalue weighted by Crippen LogP contribution is 2.29. The quantitative estimate of drug-likeness (QED) is 0.797. The summed E-state index contributed by atoms with van der Waals surface area (Å²) in [6.45, 7) is 0.445. The van der Waals surface area contributed by atoms with E-state index >= 15 is 0 Å². The predicted molar refractivity (Wildman–Crippen MR) is 82.6 cm³/mol. The maximum Gasteiger partial charge on any atom is 0.226 e. The third-order valence-electron chi connectivity index (χ3n) is 3.23. The molecule has 0 saturated heterocycles. The van der Waals surface area contributed by atoms with Gasteiger partial charge in [-0.2, -0.15) is 0 Å². The number of carbonyl (C=O) groups is 2. The van der Waals surface area contributed by atoms with Crippen LogP contribution in [0.4, 0.5) is 5.69 Å². The van der Waals surface area contributed by atoms with Gasteiger partial charge < -0.3 is 19.4 Å². The molecular weight excluding hydrogens is 284 g/mol. The van der Waals surface area contributed by atoms with Gasteiger partial charge in [0.25, 0.3) is 0 Å². The maximum atomic E-state index is 12.0. The van der Waals surface area contributed by atoms with Gasteiger partial charge in [-0.05, 0) is 24.3 Å². The molecule has 116 valence electrons. The number of ether oxygens (including phenoxy) is 2. The second-order valence-electron chi connectivity index (χ2n) is 4.61. The SMILES string of the molecule is COc1ccc(NC(=O)CCn2cccc2C=O)cc1OC. The number of benzene rings is 1. The zero-order valence-electron chi connectivity index (χ0n) is 12.5. The number of anilines is 1. The fourth-order valence-electron chi connectivity index (χ4n) is 2.10. The first-order chi connectivity index (χ1) is 10.7. The first kappa shape index (κ1) is 15.6. The lowest BCUT2D eigenvalue weighted by atomic mass is 10.2. The molecule has 0 aliphatic carbocycles. The Hall–Kier alpha value is -2.76. The van der Waals surface area contributed by atoms with Crippen molar-refractivity contribution in [2.24, 2.45) is 0 Å². The minimum Gasteiger partial charge on any atom is -0.493 e. The summed E-state index contributed by atoms with van der Waals surface area (Å²) in [5.41, 5.74) is 1.18. The molecule has 0 unspecified atom stereocenters. The van der Waals surface area contributed by atoms with Crippen LogP contribution >= 0.6 is 0 Å². The van der Waals surface area contributed by atoms with Crippen molar-refractivity contribution in [2.75, 3.05) is 19.5 Å². The monoisotopic (exact) mass is 302 g/mol. The molecule has 1 heterocycles. The molecule has 0 saturated carbocycles. The molecule has 0 spiro atoms. The van der Waals surface area contributed by atoms with Gasteiger partial charge in [0.2, 0.25) is 5.91 Å². The lowest BCUT2D eigenvalue weighted by Crippen LogP contribution is -2.15. The number of nitrogens with zero attached hydrogens (tertiary/aromatic N) is 1. The van der Waals surface area contributed by atoms with Crippen LogP contribution < -0.4 is 14.8 Å². The van der Waals surface area contributed by atoms with Crippen LogP contribution in [0.3, 0.4) is 0 Å². The van der Waals surface area contributed by atoms with Gasteiger partial charge in [-0.1, -0.05) is 0 Å². The molecule has 2 rings (SSSR count). The number of rotatable bonds is 7. The van der Waals surface area contributed by atoms with Crippen molar-refractivity contribution in [1.29, 1.82) is 0 Å². The molecule has 2 aromatic rings. The Morgan fingerprint density at radius 2 is 2.00 bits per heavy atom. The number of amides is 1. The zero-order chi connectivity index (χ0) is 15.9. The third kappa shape index (κ3) is 3.66. The van der Waals surface area contributed by atoms with Crippen LogP contribution in [0.2, 0.25) is 0 Å². The van der Waals surface area contributed by atoms with Crippen LogP contribution in [0.5, 0.6) is 11.5 Å². The fourth-order valence-corrected chi connectivity index (χ4v) is 2.10. The fraction of sp³-hybridized carbons (Fsp3) is 0.250. The molecule has 0 bridgehead atoms. The number of nitrogens with one attached hydrogen (secondary N) is 1. The zero-order valence-corrected chi connectivity index (χ0v) is 12.5. The summed E-state index contributed by atoms with van der Waals surface area (Å²) in [6, 6.07) is 8.65. The van der Waals surface area contributed by atoms with E-state index in [-0.39, 0.29) is 12.3 Å². The summed E-state index contributed by atoms with van der Waals surface area (Å²) in [6.07, 6.45) is 2.81. The molecule has 1 amide bonds. The Labute approximate surface area is 128 Å². The summed E-state index contributed by atoms with van der Waals surface area (Å²) in [7, 11) is 3.09. The van der Waals surface area contributed by atoms with E-state index in [1.54, 1.807) is 48.2 Å². The number of hydrogen-bond donors (Lipinski definition) is 1. The molecule has 0 fully saturated rings. The van der Waals surface area contributed by atoms with Crippen LogP contribution in [0.25, 0.3) is 0 Å². The van der Waals surface area contributed by atoms with E-state index in [2.05, 4.69) is 5.32 Å². The van der Waals surface area contributed by atoms with Crippen molar-refractivity contribution in [2.45, 2.75) is 13.0 Å². The molecule has 1 aromatic carbocycles. The molecule has 0 aliphatic rings. The molecule has 0 aliphatic heterocycles. The van der Waals surface area contributed by atoms with E-state index in [0.717, 1.165) is 6.29 Å². The van der Waals surface area contributed by atoms with Crippen molar-refractivity contribution < 1.29 is 19.1 Å². The minimum atomic E-state index is -0.141. The van der Waals surface area contributed by atoms with E-state index in [0.29, 0.717) is 29.4 Å². The molecule has 1 aromatic heterocycles. The van der Waals surface area contributed by atoms with E-state index in [4.69, 9.17) is 9.47 Å². The molecule has 0 atom stereocenters. The smallest absolute Gasteiger partial charge is 0.226 e. The van der Waals surface area contributed by atoms with Crippen molar-refractivity contribution >= 4 is 17.9 Å². The molecule has 0 radical (unpaired) electrons. The van der Waals surface area contributed by atoms with Gasteiger partial charge in [-0.3, -0.25) is 9.59 Å². The van der Waals surface area contributed by atoms with Crippen LogP contribution in [0.1, 0.15) is 16.9 Å². The van der Waals surface area contributed by atoms with Gasteiger partial charge >= 0.3 is 0 Å². The number of methoxy groups -OCH3 is 2. The second-order valence-corrected chi connectivity index (χ2v) is 4.61. The van der Waals surface area contributed by atoms with Gasteiger partial charge in [0.1, 0.15) is 0 Å². The second kappa shape index (κ2) is 7.31. The van der Waals surface area contributed by atoms with Gasteiger partial charge in [0.15, 0.2) is 17.8 Å². The molecule has 6 nitrogen and oxygen atoms in total. The Bertz CT molecular complexity index is 664. The van der Waals surface area contributed by atoms with Crippen LogP contribution in [0.15, 0.2) is 36.5 Å². The lowest BCUT2D eigenvalue weighted by molar-refractivity contribution is -0.116. The van der Waals surface area contributed by atoms with Gasteiger partial charge in [-0.15, -0.1) is 0 Å². The van der Waals surface area contributed by atoms with Crippen molar-refractivity contribution in [3.8, 4) is 11.5 Å². The first-order valence-corrected chi connectivity index (χ1v) is 6.80. The lowest BCUT2D eigenvalue weighted by Gasteiger charge is -2.11. The Balaban J connectivity index is 1.96. The average Bonchev–Trinajstić information content (AvgIpc) is 3.00. The summed E-state index contributed by atoms with van der Waals surface area (Å²) in [4.78, 5) is 22.8.